The number of rotatable bonds is 3. The molecule has 1 fully saturated rings. The average molecular weight is 266 g/mol. The van der Waals surface area contributed by atoms with E-state index in [0.717, 1.165) is 0 Å². The van der Waals surface area contributed by atoms with Gasteiger partial charge in [-0.15, -0.1) is 0 Å². The number of piperidine rings is 1. The lowest BCUT2D eigenvalue weighted by molar-refractivity contribution is -0.144. The van der Waals surface area contributed by atoms with Gasteiger partial charge in [0, 0.05) is 19.0 Å². The highest BCUT2D eigenvalue weighted by Crippen LogP contribution is 2.25. The fourth-order valence-corrected chi connectivity index (χ4v) is 2.59. The van der Waals surface area contributed by atoms with E-state index in [-0.39, 0.29) is 11.9 Å². The number of amides is 1. The molecular formula is C13H18N2O4. The number of nitrogens with zero attached hydrogens (tertiary/aromatic N) is 2. The predicted octanol–water partition coefficient (Wildman–Crippen LogP) is 1.56. The van der Waals surface area contributed by atoms with Gasteiger partial charge in [-0.2, -0.15) is 0 Å². The van der Waals surface area contributed by atoms with Gasteiger partial charge in [0.2, 0.25) is 0 Å². The molecule has 0 saturated carbocycles. The van der Waals surface area contributed by atoms with Crippen molar-refractivity contribution in [2.45, 2.75) is 39.2 Å². The van der Waals surface area contributed by atoms with Crippen LogP contribution in [0.3, 0.4) is 0 Å². The van der Waals surface area contributed by atoms with Crippen LogP contribution in [0.15, 0.2) is 10.8 Å². The summed E-state index contributed by atoms with van der Waals surface area (Å²) in [5.41, 5.74) is 0.306. The number of hydrogen-bond donors (Lipinski definition) is 1. The highest BCUT2D eigenvalue weighted by molar-refractivity contribution is 5.93. The van der Waals surface area contributed by atoms with Crippen molar-refractivity contribution in [2.75, 3.05) is 6.54 Å². The number of aryl methyl sites for hydroxylation is 1. The van der Waals surface area contributed by atoms with Crippen LogP contribution < -0.4 is 0 Å². The molecule has 2 heterocycles. The first-order valence-corrected chi connectivity index (χ1v) is 6.52. The summed E-state index contributed by atoms with van der Waals surface area (Å²) in [5.74, 6) is -1.03. The molecule has 1 aliphatic heterocycles. The predicted molar refractivity (Wildman–Crippen MR) is 66.7 cm³/mol. The molecule has 6 nitrogen and oxygen atoms in total. The minimum Gasteiger partial charge on any atom is -0.481 e. The smallest absolute Gasteiger partial charge is 0.308 e. The minimum absolute atomic E-state index is 0.232. The van der Waals surface area contributed by atoms with Crippen molar-refractivity contribution in [3.63, 3.8) is 0 Å². The maximum Gasteiger partial charge on any atom is 0.308 e. The molecule has 0 aliphatic carbocycles. The van der Waals surface area contributed by atoms with Gasteiger partial charge in [0.05, 0.1) is 5.92 Å². The number of carboxylic acids is 1. The van der Waals surface area contributed by atoms with Crippen molar-refractivity contribution in [1.29, 1.82) is 0 Å². The molecule has 1 amide bonds. The van der Waals surface area contributed by atoms with Crippen molar-refractivity contribution in [2.24, 2.45) is 5.92 Å². The number of likely N-dealkylation sites (tertiary alicyclic amines) is 1. The van der Waals surface area contributed by atoms with E-state index in [2.05, 4.69) is 4.98 Å². The summed E-state index contributed by atoms with van der Waals surface area (Å²) in [5, 5.41) is 9.17. The second-order valence-corrected chi connectivity index (χ2v) is 4.80. The third kappa shape index (κ3) is 2.47. The Labute approximate surface area is 111 Å². The van der Waals surface area contributed by atoms with Crippen molar-refractivity contribution in [3.05, 3.63) is 17.8 Å². The Morgan fingerprint density at radius 2 is 2.32 bits per heavy atom. The quantitative estimate of drug-likeness (QED) is 0.897. The fourth-order valence-electron chi connectivity index (χ4n) is 2.59. The molecule has 1 aliphatic rings. The number of oxazole rings is 1. The van der Waals surface area contributed by atoms with Crippen LogP contribution in [0, 0.1) is 5.92 Å². The SMILES string of the molecule is CCc1ocnc1C(=O)N1CCC[C@H](C(=O)O)[C@@H]1C. The van der Waals surface area contributed by atoms with Crippen LogP contribution in [0.25, 0.3) is 0 Å². The number of hydrogen-bond acceptors (Lipinski definition) is 4. The van der Waals surface area contributed by atoms with Gasteiger partial charge in [0.1, 0.15) is 5.76 Å². The van der Waals surface area contributed by atoms with E-state index in [4.69, 9.17) is 9.52 Å². The van der Waals surface area contributed by atoms with Crippen LogP contribution in [0.1, 0.15) is 42.9 Å². The molecule has 0 unspecified atom stereocenters. The third-order valence-electron chi connectivity index (χ3n) is 3.73. The van der Waals surface area contributed by atoms with Crippen molar-refractivity contribution in [3.8, 4) is 0 Å². The van der Waals surface area contributed by atoms with E-state index in [1.165, 1.54) is 6.39 Å². The Kier molecular flexibility index (Phi) is 3.87. The molecule has 1 N–H and O–H groups in total. The second-order valence-electron chi connectivity index (χ2n) is 4.80. The average Bonchev–Trinajstić information content (AvgIpc) is 2.86. The first-order chi connectivity index (χ1) is 9.06. The fraction of sp³-hybridized carbons (Fsp3) is 0.615. The van der Waals surface area contributed by atoms with Gasteiger partial charge < -0.3 is 14.4 Å². The van der Waals surface area contributed by atoms with Gasteiger partial charge in [-0.05, 0) is 19.8 Å². The molecule has 0 aromatic carbocycles. The Bertz CT molecular complexity index is 483. The lowest BCUT2D eigenvalue weighted by atomic mass is 9.90. The van der Waals surface area contributed by atoms with Gasteiger partial charge in [0.25, 0.3) is 5.91 Å². The molecule has 2 atom stereocenters. The molecule has 0 spiro atoms. The number of carboxylic acid groups (broad SMARTS) is 1. The summed E-state index contributed by atoms with van der Waals surface area (Å²) in [4.78, 5) is 29.2. The number of aliphatic carboxylic acids is 1. The summed E-state index contributed by atoms with van der Waals surface area (Å²) < 4.78 is 5.16. The van der Waals surface area contributed by atoms with Gasteiger partial charge >= 0.3 is 5.97 Å². The zero-order chi connectivity index (χ0) is 14.0. The van der Waals surface area contributed by atoms with Gasteiger partial charge in [-0.1, -0.05) is 6.92 Å². The molecular weight excluding hydrogens is 248 g/mol. The van der Waals surface area contributed by atoms with Gasteiger partial charge in [0.15, 0.2) is 12.1 Å². The highest BCUT2D eigenvalue weighted by atomic mass is 16.4. The van der Waals surface area contributed by atoms with Gasteiger partial charge in [-0.3, -0.25) is 9.59 Å². The van der Waals surface area contributed by atoms with E-state index in [1.54, 1.807) is 11.8 Å². The number of aromatic nitrogens is 1. The van der Waals surface area contributed by atoms with Crippen molar-refractivity contribution < 1.29 is 19.1 Å². The van der Waals surface area contributed by atoms with E-state index in [9.17, 15) is 9.59 Å². The lowest BCUT2D eigenvalue weighted by Crippen LogP contribution is -2.49. The molecule has 0 radical (unpaired) electrons. The maximum absolute atomic E-state index is 12.4. The van der Waals surface area contributed by atoms with Crippen molar-refractivity contribution in [1.82, 2.24) is 9.88 Å². The topological polar surface area (TPSA) is 83.6 Å². The number of carbonyl (C=O) groups excluding carboxylic acids is 1. The molecule has 1 saturated heterocycles. The van der Waals surface area contributed by atoms with Crippen LogP contribution in [0.5, 0.6) is 0 Å². The van der Waals surface area contributed by atoms with E-state index in [0.29, 0.717) is 37.3 Å². The lowest BCUT2D eigenvalue weighted by Gasteiger charge is -2.37. The normalized spacial score (nSPS) is 23.4. The molecule has 0 bridgehead atoms. The van der Waals surface area contributed by atoms with E-state index in [1.807, 2.05) is 6.92 Å². The summed E-state index contributed by atoms with van der Waals surface area (Å²) in [7, 11) is 0. The van der Waals surface area contributed by atoms with Crippen LogP contribution in [0.2, 0.25) is 0 Å². The highest BCUT2D eigenvalue weighted by Gasteiger charge is 2.36. The first-order valence-electron chi connectivity index (χ1n) is 6.52. The minimum atomic E-state index is -0.846. The Morgan fingerprint density at radius 1 is 1.58 bits per heavy atom. The summed E-state index contributed by atoms with van der Waals surface area (Å²) >= 11 is 0. The Hall–Kier alpha value is -1.85. The maximum atomic E-state index is 12.4. The molecule has 1 aromatic heterocycles. The Morgan fingerprint density at radius 3 is 2.95 bits per heavy atom. The van der Waals surface area contributed by atoms with Crippen LogP contribution in [0.4, 0.5) is 0 Å². The Balaban J connectivity index is 2.21. The molecule has 1 aromatic rings. The second kappa shape index (κ2) is 5.42. The van der Waals surface area contributed by atoms with Crippen LogP contribution in [-0.4, -0.2) is 39.5 Å². The third-order valence-corrected chi connectivity index (χ3v) is 3.73. The van der Waals surface area contributed by atoms with E-state index >= 15 is 0 Å². The van der Waals surface area contributed by atoms with Gasteiger partial charge in [-0.25, -0.2) is 4.98 Å². The molecule has 6 heteroatoms. The van der Waals surface area contributed by atoms with Crippen LogP contribution >= 0.6 is 0 Å². The summed E-state index contributed by atoms with van der Waals surface area (Å²) in [6.45, 7) is 4.23. The van der Waals surface area contributed by atoms with E-state index < -0.39 is 11.9 Å². The van der Waals surface area contributed by atoms with Crippen molar-refractivity contribution >= 4 is 11.9 Å². The first kappa shape index (κ1) is 13.6. The molecule has 2 rings (SSSR count). The number of carbonyl (C=O) groups is 2. The summed E-state index contributed by atoms with van der Waals surface area (Å²) in [6.07, 6.45) is 3.16. The largest absolute Gasteiger partial charge is 0.481 e. The monoisotopic (exact) mass is 266 g/mol. The standard InChI is InChI=1S/C13H18N2O4/c1-3-10-11(14-7-19-10)12(16)15-6-4-5-9(8(15)2)13(17)18/h7-9H,3-6H2,1-2H3,(H,17,18)/t8-,9-/m0/s1. The molecule has 104 valence electrons. The molecule has 19 heavy (non-hydrogen) atoms. The zero-order valence-electron chi connectivity index (χ0n) is 11.1. The zero-order valence-corrected chi connectivity index (χ0v) is 11.1. The summed E-state index contributed by atoms with van der Waals surface area (Å²) in [6, 6.07) is -0.319. The van der Waals surface area contributed by atoms with Crippen LogP contribution in [-0.2, 0) is 11.2 Å².